The molecule has 0 bridgehead atoms. The van der Waals surface area contributed by atoms with Crippen LogP contribution in [0.25, 0.3) is 16.7 Å². The van der Waals surface area contributed by atoms with Crippen LogP contribution >= 0.6 is 0 Å². The largest absolute Gasteiger partial charge is 0.346 e. The summed E-state index contributed by atoms with van der Waals surface area (Å²) in [5.41, 5.74) is 3.19. The van der Waals surface area contributed by atoms with E-state index in [4.69, 9.17) is 0 Å². The van der Waals surface area contributed by atoms with E-state index in [9.17, 15) is 9.59 Å². The fourth-order valence-corrected chi connectivity index (χ4v) is 2.98. The maximum absolute atomic E-state index is 12.8. The Morgan fingerprint density at radius 3 is 2.50 bits per heavy atom. The maximum Gasteiger partial charge on any atom is 0.279 e. The van der Waals surface area contributed by atoms with E-state index in [0.717, 1.165) is 11.1 Å². The maximum atomic E-state index is 12.8. The number of carbonyl (C=O) groups excluding carboxylic acids is 1. The van der Waals surface area contributed by atoms with Crippen molar-refractivity contribution in [3.63, 3.8) is 0 Å². The lowest BCUT2D eigenvalue weighted by molar-refractivity contribution is 0.0947. The van der Waals surface area contributed by atoms with E-state index in [2.05, 4.69) is 15.4 Å². The Bertz CT molecular complexity index is 1210. The van der Waals surface area contributed by atoms with Gasteiger partial charge in [-0.25, -0.2) is 9.67 Å². The molecule has 0 aliphatic carbocycles. The quantitative estimate of drug-likeness (QED) is 0.595. The molecule has 4 aromatic rings. The highest BCUT2D eigenvalue weighted by Crippen LogP contribution is 2.18. The van der Waals surface area contributed by atoms with E-state index < -0.39 is 0 Å². The molecule has 28 heavy (non-hydrogen) atoms. The number of fused-ring (bicyclic) bond motifs is 1. The average molecular weight is 373 g/mol. The zero-order chi connectivity index (χ0) is 19.7. The first kappa shape index (κ1) is 17.7. The van der Waals surface area contributed by atoms with E-state index in [1.54, 1.807) is 7.05 Å². The minimum atomic E-state index is -0.375. The second-order valence-corrected chi connectivity index (χ2v) is 6.62. The molecule has 1 N–H and O–H groups in total. The van der Waals surface area contributed by atoms with Gasteiger partial charge in [-0.05, 0) is 24.6 Å². The van der Waals surface area contributed by atoms with Gasteiger partial charge in [0.15, 0.2) is 11.2 Å². The van der Waals surface area contributed by atoms with Crippen molar-refractivity contribution in [1.82, 2.24) is 24.6 Å². The summed E-state index contributed by atoms with van der Waals surface area (Å²) in [5.74, 6) is -0.375. The first-order chi connectivity index (χ1) is 13.5. The van der Waals surface area contributed by atoms with Gasteiger partial charge in [0.2, 0.25) is 0 Å². The van der Waals surface area contributed by atoms with Gasteiger partial charge in [-0.1, -0.05) is 48.0 Å². The summed E-state index contributed by atoms with van der Waals surface area (Å²) in [6, 6.07) is 17.2. The van der Waals surface area contributed by atoms with Gasteiger partial charge >= 0.3 is 0 Å². The molecule has 0 atom stereocenters. The van der Waals surface area contributed by atoms with Crippen LogP contribution in [0.4, 0.5) is 0 Å². The Balaban J connectivity index is 1.78. The van der Waals surface area contributed by atoms with Gasteiger partial charge in [0.25, 0.3) is 11.5 Å². The van der Waals surface area contributed by atoms with Crippen LogP contribution in [0.5, 0.6) is 0 Å². The van der Waals surface area contributed by atoms with E-state index in [-0.39, 0.29) is 28.2 Å². The van der Waals surface area contributed by atoms with Crippen molar-refractivity contribution in [3.8, 4) is 5.69 Å². The Morgan fingerprint density at radius 1 is 1.07 bits per heavy atom. The molecular weight excluding hydrogens is 354 g/mol. The van der Waals surface area contributed by atoms with Gasteiger partial charge in [0, 0.05) is 13.6 Å². The van der Waals surface area contributed by atoms with E-state index in [1.807, 2.05) is 61.5 Å². The molecule has 0 unspecified atom stereocenters. The topological polar surface area (TPSA) is 81.8 Å². The number of hydrogen-bond donors (Lipinski definition) is 1. The Labute approximate surface area is 161 Å². The molecule has 140 valence electrons. The van der Waals surface area contributed by atoms with Gasteiger partial charge in [-0.15, -0.1) is 0 Å². The lowest BCUT2D eigenvalue weighted by atomic mass is 10.2. The molecule has 0 fully saturated rings. The third-order valence-corrected chi connectivity index (χ3v) is 4.53. The highest BCUT2D eigenvalue weighted by molar-refractivity contribution is 6.03. The van der Waals surface area contributed by atoms with E-state index in [0.29, 0.717) is 12.2 Å². The fourth-order valence-electron chi connectivity index (χ4n) is 2.98. The number of aryl methyl sites for hydroxylation is 2. The summed E-state index contributed by atoms with van der Waals surface area (Å²) in [5, 5.41) is 7.28. The third-order valence-electron chi connectivity index (χ3n) is 4.53. The van der Waals surface area contributed by atoms with Crippen molar-refractivity contribution < 1.29 is 4.79 Å². The summed E-state index contributed by atoms with van der Waals surface area (Å²) in [6.45, 7) is 2.34. The third kappa shape index (κ3) is 3.18. The molecule has 2 heterocycles. The van der Waals surface area contributed by atoms with Crippen molar-refractivity contribution in [2.75, 3.05) is 0 Å². The number of aromatic nitrogens is 4. The highest BCUT2D eigenvalue weighted by Gasteiger charge is 2.22. The first-order valence-electron chi connectivity index (χ1n) is 8.88. The van der Waals surface area contributed by atoms with Gasteiger partial charge in [-0.2, -0.15) is 5.10 Å². The minimum absolute atomic E-state index is 0.129. The number of nitrogens with zero attached hydrogens (tertiary/aromatic N) is 4. The first-order valence-corrected chi connectivity index (χ1v) is 8.88. The smallest absolute Gasteiger partial charge is 0.279 e. The molecule has 7 nitrogen and oxygen atoms in total. The molecule has 0 aliphatic heterocycles. The van der Waals surface area contributed by atoms with Crippen LogP contribution < -0.4 is 10.9 Å². The SMILES string of the molecule is Cc1ccc(-n2nc(C(=O)NCc3ccccc3)c3ncn(C)c(=O)c32)cc1. The zero-order valence-electron chi connectivity index (χ0n) is 15.6. The highest BCUT2D eigenvalue weighted by atomic mass is 16.2. The fraction of sp³-hybridized carbons (Fsp3) is 0.143. The van der Waals surface area contributed by atoms with Crippen molar-refractivity contribution >= 4 is 16.9 Å². The molecule has 4 rings (SSSR count). The van der Waals surface area contributed by atoms with Crippen molar-refractivity contribution in [3.05, 3.63) is 88.1 Å². The Morgan fingerprint density at radius 2 is 1.79 bits per heavy atom. The number of nitrogens with one attached hydrogen (secondary N) is 1. The molecule has 2 aromatic heterocycles. The molecule has 0 saturated carbocycles. The van der Waals surface area contributed by atoms with Gasteiger partial charge in [0.05, 0.1) is 12.0 Å². The standard InChI is InChI=1S/C21H19N5O2/c1-14-8-10-16(11-9-14)26-19-17(23-13-25(2)21(19)28)18(24-26)20(27)22-12-15-6-4-3-5-7-15/h3-11,13H,12H2,1-2H3,(H,22,27). The second kappa shape index (κ2) is 7.11. The Hall–Kier alpha value is -3.74. The molecule has 7 heteroatoms. The average Bonchev–Trinajstić information content (AvgIpc) is 3.11. The van der Waals surface area contributed by atoms with Crippen LogP contribution in [0, 0.1) is 6.92 Å². The Kier molecular flexibility index (Phi) is 4.49. The van der Waals surface area contributed by atoms with Crippen LogP contribution in [-0.2, 0) is 13.6 Å². The van der Waals surface area contributed by atoms with Crippen LogP contribution in [0.15, 0.2) is 65.7 Å². The monoisotopic (exact) mass is 373 g/mol. The minimum Gasteiger partial charge on any atom is -0.346 e. The van der Waals surface area contributed by atoms with Crippen molar-refractivity contribution in [1.29, 1.82) is 0 Å². The van der Waals surface area contributed by atoms with Gasteiger partial charge < -0.3 is 9.88 Å². The number of benzene rings is 2. The molecule has 0 aliphatic rings. The predicted octanol–water partition coefficient (Wildman–Crippen LogP) is 2.36. The zero-order valence-corrected chi connectivity index (χ0v) is 15.6. The van der Waals surface area contributed by atoms with Gasteiger partial charge in [-0.3, -0.25) is 9.59 Å². The second-order valence-electron chi connectivity index (χ2n) is 6.62. The molecular formula is C21H19N5O2. The van der Waals surface area contributed by atoms with Crippen molar-refractivity contribution in [2.45, 2.75) is 13.5 Å². The van der Waals surface area contributed by atoms with Crippen LogP contribution in [0.1, 0.15) is 21.6 Å². The van der Waals surface area contributed by atoms with E-state index in [1.165, 1.54) is 15.6 Å². The van der Waals surface area contributed by atoms with Crippen molar-refractivity contribution in [2.24, 2.45) is 7.05 Å². The number of amides is 1. The lowest BCUT2D eigenvalue weighted by Gasteiger charge is -2.04. The number of carbonyl (C=O) groups is 1. The predicted molar refractivity (Wildman–Crippen MR) is 106 cm³/mol. The molecule has 1 amide bonds. The molecule has 2 aromatic carbocycles. The normalized spacial score (nSPS) is 10.9. The molecule has 0 spiro atoms. The summed E-state index contributed by atoms with van der Waals surface area (Å²) in [7, 11) is 1.62. The lowest BCUT2D eigenvalue weighted by Crippen LogP contribution is -2.24. The van der Waals surface area contributed by atoms with Crippen LogP contribution in [-0.4, -0.2) is 25.2 Å². The van der Waals surface area contributed by atoms with Gasteiger partial charge in [0.1, 0.15) is 5.52 Å². The van der Waals surface area contributed by atoms with Crippen LogP contribution in [0.2, 0.25) is 0 Å². The molecule has 0 saturated heterocycles. The summed E-state index contributed by atoms with van der Waals surface area (Å²) in [4.78, 5) is 29.8. The van der Waals surface area contributed by atoms with E-state index >= 15 is 0 Å². The summed E-state index contributed by atoms with van der Waals surface area (Å²) >= 11 is 0. The number of hydrogen-bond acceptors (Lipinski definition) is 4. The summed E-state index contributed by atoms with van der Waals surface area (Å²) < 4.78 is 2.86. The van der Waals surface area contributed by atoms with Crippen LogP contribution in [0.3, 0.4) is 0 Å². The molecule has 0 radical (unpaired) electrons. The number of rotatable bonds is 4. The summed E-state index contributed by atoms with van der Waals surface area (Å²) in [6.07, 6.45) is 1.40.